The molecule has 2 N–H and O–H groups in total. The zero-order valence-electron chi connectivity index (χ0n) is 11.4. The van der Waals surface area contributed by atoms with Gasteiger partial charge in [0, 0.05) is 19.2 Å². The minimum absolute atomic E-state index is 0.606. The lowest BCUT2D eigenvalue weighted by Gasteiger charge is -2.16. The van der Waals surface area contributed by atoms with Gasteiger partial charge in [-0.25, -0.2) is 4.79 Å². The van der Waals surface area contributed by atoms with E-state index in [-0.39, 0.29) is 0 Å². The molecule has 0 aliphatic rings. The first-order valence-electron chi connectivity index (χ1n) is 6.51. The van der Waals surface area contributed by atoms with Crippen molar-refractivity contribution >= 4 is 5.97 Å². The van der Waals surface area contributed by atoms with E-state index in [0.717, 1.165) is 32.1 Å². The van der Waals surface area contributed by atoms with E-state index in [1.165, 1.54) is 5.56 Å². The molecule has 0 radical (unpaired) electrons. The molecule has 0 aliphatic carbocycles. The molecule has 0 amide bonds. The quantitative estimate of drug-likeness (QED) is 0.526. The van der Waals surface area contributed by atoms with Crippen LogP contribution < -0.4 is 5.32 Å². The van der Waals surface area contributed by atoms with Gasteiger partial charge in [0.25, 0.3) is 0 Å². The van der Waals surface area contributed by atoms with Crippen LogP contribution in [0.4, 0.5) is 0 Å². The van der Waals surface area contributed by atoms with Crippen molar-refractivity contribution in [1.82, 2.24) is 10.2 Å². The zero-order valence-corrected chi connectivity index (χ0v) is 11.4. The number of nitrogens with one attached hydrogen (secondary N) is 1. The number of carbonyl (C=O) groups is 1. The highest BCUT2D eigenvalue weighted by atomic mass is 16.4. The summed E-state index contributed by atoms with van der Waals surface area (Å²) in [5.74, 6) is -0.899. The van der Waals surface area contributed by atoms with E-state index in [0.29, 0.717) is 6.54 Å². The first-order chi connectivity index (χ1) is 9.18. The highest BCUT2D eigenvalue weighted by Crippen LogP contribution is 2.02. The Morgan fingerprint density at radius 3 is 2.79 bits per heavy atom. The Kier molecular flexibility index (Phi) is 7.54. The number of hydrogen-bond donors (Lipinski definition) is 2. The highest BCUT2D eigenvalue weighted by Gasteiger charge is 1.99. The van der Waals surface area contributed by atoms with Crippen LogP contribution in [0.15, 0.2) is 42.5 Å². The lowest BCUT2D eigenvalue weighted by atomic mass is 10.2. The van der Waals surface area contributed by atoms with Crippen molar-refractivity contribution in [2.75, 3.05) is 26.7 Å². The first kappa shape index (κ1) is 15.4. The molecule has 4 heteroatoms. The molecular weight excluding hydrogens is 240 g/mol. The lowest BCUT2D eigenvalue weighted by Crippen LogP contribution is -2.24. The molecule has 0 unspecified atom stereocenters. The van der Waals surface area contributed by atoms with Crippen molar-refractivity contribution in [3.05, 3.63) is 48.0 Å². The number of rotatable bonds is 9. The molecule has 0 spiro atoms. The van der Waals surface area contributed by atoms with Crippen LogP contribution in [0.2, 0.25) is 0 Å². The average molecular weight is 262 g/mol. The first-order valence-corrected chi connectivity index (χ1v) is 6.51. The van der Waals surface area contributed by atoms with Crippen molar-refractivity contribution in [3.8, 4) is 0 Å². The van der Waals surface area contributed by atoms with Gasteiger partial charge in [-0.05, 0) is 32.1 Å². The number of aliphatic carboxylic acids is 1. The molecule has 4 nitrogen and oxygen atoms in total. The van der Waals surface area contributed by atoms with E-state index in [1.807, 2.05) is 6.07 Å². The monoisotopic (exact) mass is 262 g/mol. The summed E-state index contributed by atoms with van der Waals surface area (Å²) in [6.07, 6.45) is 3.83. The minimum Gasteiger partial charge on any atom is -0.478 e. The molecule has 1 rings (SSSR count). The summed E-state index contributed by atoms with van der Waals surface area (Å²) in [5, 5.41) is 11.6. The van der Waals surface area contributed by atoms with Gasteiger partial charge in [-0.1, -0.05) is 36.4 Å². The van der Waals surface area contributed by atoms with Gasteiger partial charge in [-0.3, -0.25) is 0 Å². The summed E-state index contributed by atoms with van der Waals surface area (Å²) in [4.78, 5) is 12.5. The van der Waals surface area contributed by atoms with Gasteiger partial charge in [0.1, 0.15) is 0 Å². The Balaban J connectivity index is 2.04. The molecule has 0 aromatic heterocycles. The molecule has 0 saturated carbocycles. The topological polar surface area (TPSA) is 52.6 Å². The summed E-state index contributed by atoms with van der Waals surface area (Å²) in [6.45, 7) is 3.47. The summed E-state index contributed by atoms with van der Waals surface area (Å²) in [6, 6.07) is 10.4. The van der Waals surface area contributed by atoms with Gasteiger partial charge in [0.15, 0.2) is 0 Å². The van der Waals surface area contributed by atoms with Crippen LogP contribution in [-0.4, -0.2) is 42.7 Å². The molecule has 104 valence electrons. The highest BCUT2D eigenvalue weighted by molar-refractivity contribution is 5.79. The smallest absolute Gasteiger partial charge is 0.328 e. The molecule has 1 aromatic rings. The molecule has 0 bridgehead atoms. The van der Waals surface area contributed by atoms with Gasteiger partial charge in [0.2, 0.25) is 0 Å². The van der Waals surface area contributed by atoms with E-state index in [9.17, 15) is 4.79 Å². The van der Waals surface area contributed by atoms with E-state index in [4.69, 9.17) is 5.11 Å². The SMILES string of the molecule is CN(CCCNC/C=C/C(=O)O)Cc1ccccc1. The fourth-order valence-electron chi connectivity index (χ4n) is 1.79. The second-order valence-corrected chi connectivity index (χ2v) is 4.52. The third-order valence-electron chi connectivity index (χ3n) is 2.71. The maximum absolute atomic E-state index is 10.2. The van der Waals surface area contributed by atoms with Crippen molar-refractivity contribution in [3.63, 3.8) is 0 Å². The van der Waals surface area contributed by atoms with Crippen molar-refractivity contribution in [2.24, 2.45) is 0 Å². The Morgan fingerprint density at radius 2 is 2.11 bits per heavy atom. The normalized spacial score (nSPS) is 11.3. The minimum atomic E-state index is -0.899. The van der Waals surface area contributed by atoms with Crippen LogP contribution in [0.3, 0.4) is 0 Å². The van der Waals surface area contributed by atoms with Crippen LogP contribution in [0.25, 0.3) is 0 Å². The van der Waals surface area contributed by atoms with E-state index in [2.05, 4.69) is 41.5 Å². The number of nitrogens with zero attached hydrogens (tertiary/aromatic N) is 1. The molecular formula is C15H22N2O2. The largest absolute Gasteiger partial charge is 0.478 e. The summed E-state index contributed by atoms with van der Waals surface area (Å²) in [7, 11) is 2.11. The standard InChI is InChI=1S/C15H22N2O2/c1-17(13-14-7-3-2-4-8-14)12-6-11-16-10-5-9-15(18)19/h2-5,7-9,16H,6,10-13H2,1H3,(H,18,19)/b9-5+. The van der Waals surface area contributed by atoms with E-state index in [1.54, 1.807) is 6.08 Å². The number of carboxylic acid groups (broad SMARTS) is 1. The van der Waals surface area contributed by atoms with Crippen molar-refractivity contribution in [2.45, 2.75) is 13.0 Å². The molecule has 1 aromatic carbocycles. The van der Waals surface area contributed by atoms with Crippen molar-refractivity contribution < 1.29 is 9.90 Å². The van der Waals surface area contributed by atoms with Gasteiger partial charge in [-0.15, -0.1) is 0 Å². The maximum atomic E-state index is 10.2. The Morgan fingerprint density at radius 1 is 1.37 bits per heavy atom. The Labute approximate surface area is 114 Å². The Bertz CT molecular complexity index is 390. The fourth-order valence-corrected chi connectivity index (χ4v) is 1.79. The molecule has 0 saturated heterocycles. The molecule has 0 atom stereocenters. The molecule has 0 heterocycles. The van der Waals surface area contributed by atoms with Crippen LogP contribution in [-0.2, 0) is 11.3 Å². The van der Waals surface area contributed by atoms with E-state index < -0.39 is 5.97 Å². The van der Waals surface area contributed by atoms with Crippen LogP contribution in [0.5, 0.6) is 0 Å². The van der Waals surface area contributed by atoms with Gasteiger partial charge >= 0.3 is 5.97 Å². The second-order valence-electron chi connectivity index (χ2n) is 4.52. The number of benzene rings is 1. The lowest BCUT2D eigenvalue weighted by molar-refractivity contribution is -0.131. The van der Waals surface area contributed by atoms with Crippen LogP contribution >= 0.6 is 0 Å². The van der Waals surface area contributed by atoms with Crippen molar-refractivity contribution in [1.29, 1.82) is 0 Å². The fraction of sp³-hybridized carbons (Fsp3) is 0.400. The molecule has 19 heavy (non-hydrogen) atoms. The summed E-state index contributed by atoms with van der Waals surface area (Å²) in [5.41, 5.74) is 1.32. The predicted octanol–water partition coefficient (Wildman–Crippen LogP) is 1.74. The van der Waals surface area contributed by atoms with Crippen LogP contribution in [0.1, 0.15) is 12.0 Å². The van der Waals surface area contributed by atoms with Gasteiger partial charge < -0.3 is 15.3 Å². The second kappa shape index (κ2) is 9.30. The predicted molar refractivity (Wildman–Crippen MR) is 77.0 cm³/mol. The molecule has 0 aliphatic heterocycles. The summed E-state index contributed by atoms with van der Waals surface area (Å²) < 4.78 is 0. The third kappa shape index (κ3) is 8.13. The average Bonchev–Trinajstić information content (AvgIpc) is 2.38. The van der Waals surface area contributed by atoms with Gasteiger partial charge in [0.05, 0.1) is 0 Å². The van der Waals surface area contributed by atoms with Gasteiger partial charge in [-0.2, -0.15) is 0 Å². The zero-order chi connectivity index (χ0) is 13.9. The Hall–Kier alpha value is -1.65. The number of hydrogen-bond acceptors (Lipinski definition) is 3. The van der Waals surface area contributed by atoms with Crippen LogP contribution in [0, 0.1) is 0 Å². The summed E-state index contributed by atoms with van der Waals surface area (Å²) >= 11 is 0. The third-order valence-corrected chi connectivity index (χ3v) is 2.71. The molecule has 0 fully saturated rings. The number of carboxylic acids is 1. The maximum Gasteiger partial charge on any atom is 0.328 e. The van der Waals surface area contributed by atoms with E-state index >= 15 is 0 Å².